The van der Waals surface area contributed by atoms with Crippen molar-refractivity contribution in [2.24, 2.45) is 0 Å². The molecule has 6 nitrogen and oxygen atoms in total. The third-order valence-electron chi connectivity index (χ3n) is 2.89. The Morgan fingerprint density at radius 3 is 2.62 bits per heavy atom. The fourth-order valence-corrected chi connectivity index (χ4v) is 1.96. The van der Waals surface area contributed by atoms with Crippen LogP contribution in [0.5, 0.6) is 0 Å². The monoisotopic (exact) mass is 288 g/mol. The smallest absolute Gasteiger partial charge is 0.323 e. The zero-order valence-corrected chi connectivity index (χ0v) is 11.7. The van der Waals surface area contributed by atoms with E-state index >= 15 is 0 Å². The topological polar surface area (TPSA) is 83.6 Å². The molecule has 110 valence electrons. The number of aliphatic carboxylic acids is 1. The molecule has 0 radical (unpaired) electrons. The summed E-state index contributed by atoms with van der Waals surface area (Å²) >= 11 is 0. The van der Waals surface area contributed by atoms with Crippen LogP contribution in [0, 0.1) is 0 Å². The molecule has 0 saturated carbocycles. The lowest BCUT2D eigenvalue weighted by Gasteiger charge is -2.18. The largest absolute Gasteiger partial charge is 0.480 e. The number of aromatic nitrogens is 1. The number of rotatable bonds is 6. The van der Waals surface area contributed by atoms with Crippen LogP contribution in [0.3, 0.4) is 0 Å². The molecule has 0 aliphatic carbocycles. The third-order valence-corrected chi connectivity index (χ3v) is 2.89. The minimum Gasteiger partial charge on any atom is -0.480 e. The first-order valence-corrected chi connectivity index (χ1v) is 6.65. The molecule has 1 aromatic heterocycles. The van der Waals surface area contributed by atoms with Crippen molar-refractivity contribution in [3.63, 3.8) is 0 Å². The van der Waals surface area contributed by atoms with E-state index in [9.17, 15) is 9.59 Å². The molecule has 1 heterocycles. The van der Waals surface area contributed by atoms with Gasteiger partial charge in [0.15, 0.2) is 11.5 Å². The van der Waals surface area contributed by atoms with E-state index in [-0.39, 0.29) is 12.2 Å². The number of carboxylic acids is 1. The molecule has 1 N–H and O–H groups in total. The Morgan fingerprint density at radius 1 is 1.29 bits per heavy atom. The van der Waals surface area contributed by atoms with Gasteiger partial charge in [0.05, 0.1) is 0 Å². The summed E-state index contributed by atoms with van der Waals surface area (Å²) in [6.45, 7) is 1.89. The van der Waals surface area contributed by atoms with Gasteiger partial charge >= 0.3 is 5.97 Å². The predicted molar refractivity (Wildman–Crippen MR) is 75.8 cm³/mol. The van der Waals surface area contributed by atoms with Crippen LogP contribution >= 0.6 is 0 Å². The second-order valence-corrected chi connectivity index (χ2v) is 4.56. The van der Waals surface area contributed by atoms with Gasteiger partial charge in [-0.1, -0.05) is 42.4 Å². The summed E-state index contributed by atoms with van der Waals surface area (Å²) in [5.41, 5.74) is 0.924. The molecule has 0 spiro atoms. The number of amides is 1. The van der Waals surface area contributed by atoms with Crippen LogP contribution < -0.4 is 0 Å². The predicted octanol–water partition coefficient (Wildman–Crippen LogP) is 2.28. The van der Waals surface area contributed by atoms with E-state index in [1.807, 2.05) is 37.3 Å². The number of benzene rings is 1. The molecule has 1 aromatic carbocycles. The molecule has 0 bridgehead atoms. The van der Waals surface area contributed by atoms with Crippen LogP contribution in [0.2, 0.25) is 0 Å². The van der Waals surface area contributed by atoms with E-state index in [1.165, 1.54) is 11.0 Å². The third kappa shape index (κ3) is 3.68. The minimum atomic E-state index is -1.05. The summed E-state index contributed by atoms with van der Waals surface area (Å²) in [7, 11) is 0. The van der Waals surface area contributed by atoms with Gasteiger partial charge in [0.25, 0.3) is 5.91 Å². The summed E-state index contributed by atoms with van der Waals surface area (Å²) in [4.78, 5) is 24.3. The molecule has 6 heteroatoms. The highest BCUT2D eigenvalue weighted by molar-refractivity contribution is 5.94. The number of hydrogen-bond donors (Lipinski definition) is 1. The van der Waals surface area contributed by atoms with Gasteiger partial charge in [0.2, 0.25) is 0 Å². The molecule has 0 aliphatic rings. The number of carbonyl (C=O) groups is 2. The Balaban J connectivity index is 2.19. The van der Waals surface area contributed by atoms with Crippen LogP contribution in [-0.4, -0.2) is 40.1 Å². The van der Waals surface area contributed by atoms with Crippen molar-refractivity contribution in [2.75, 3.05) is 13.1 Å². The summed E-state index contributed by atoms with van der Waals surface area (Å²) in [6.07, 6.45) is 0.669. The van der Waals surface area contributed by atoms with Crippen molar-refractivity contribution in [3.05, 3.63) is 42.1 Å². The standard InChI is InChI=1S/C15H16N2O4/c1-2-8-17(10-14(18)19)15(20)12-9-13(21-16-12)11-6-4-3-5-7-11/h3-7,9H,2,8,10H2,1H3,(H,18,19). The molecular weight excluding hydrogens is 272 g/mol. The number of nitrogens with zero attached hydrogens (tertiary/aromatic N) is 2. The lowest BCUT2D eigenvalue weighted by Crippen LogP contribution is -2.36. The molecule has 0 saturated heterocycles. The lowest BCUT2D eigenvalue weighted by atomic mass is 10.1. The highest BCUT2D eigenvalue weighted by atomic mass is 16.5. The first-order chi connectivity index (χ1) is 10.1. The van der Waals surface area contributed by atoms with Crippen LogP contribution in [0.15, 0.2) is 40.9 Å². The van der Waals surface area contributed by atoms with E-state index < -0.39 is 11.9 Å². The van der Waals surface area contributed by atoms with Crippen molar-refractivity contribution >= 4 is 11.9 Å². The van der Waals surface area contributed by atoms with E-state index in [0.29, 0.717) is 18.7 Å². The van der Waals surface area contributed by atoms with E-state index in [4.69, 9.17) is 9.63 Å². The molecule has 0 fully saturated rings. The van der Waals surface area contributed by atoms with Crippen LogP contribution in [0.4, 0.5) is 0 Å². The molecule has 2 aromatic rings. The van der Waals surface area contributed by atoms with Crippen LogP contribution in [0.25, 0.3) is 11.3 Å². The fraction of sp³-hybridized carbons (Fsp3) is 0.267. The summed E-state index contributed by atoms with van der Waals surface area (Å²) in [5.74, 6) is -1.01. The first kappa shape index (κ1) is 14.8. The van der Waals surface area contributed by atoms with Crippen molar-refractivity contribution < 1.29 is 19.2 Å². The van der Waals surface area contributed by atoms with E-state index in [0.717, 1.165) is 5.56 Å². The number of hydrogen-bond acceptors (Lipinski definition) is 4. The highest BCUT2D eigenvalue weighted by Gasteiger charge is 2.21. The maximum atomic E-state index is 12.3. The summed E-state index contributed by atoms with van der Waals surface area (Å²) < 4.78 is 5.16. The Labute approximate surface area is 122 Å². The van der Waals surface area contributed by atoms with Gasteiger partial charge in [0, 0.05) is 18.2 Å². The SMILES string of the molecule is CCCN(CC(=O)O)C(=O)c1cc(-c2ccccc2)on1. The molecule has 0 aliphatic heterocycles. The van der Waals surface area contributed by atoms with Gasteiger partial charge in [0.1, 0.15) is 6.54 Å². The fourth-order valence-electron chi connectivity index (χ4n) is 1.96. The molecule has 0 unspecified atom stereocenters. The normalized spacial score (nSPS) is 10.3. The van der Waals surface area contributed by atoms with E-state index in [1.54, 1.807) is 0 Å². The lowest BCUT2D eigenvalue weighted by molar-refractivity contribution is -0.137. The second-order valence-electron chi connectivity index (χ2n) is 4.56. The van der Waals surface area contributed by atoms with Gasteiger partial charge in [-0.15, -0.1) is 0 Å². The Bertz CT molecular complexity index is 622. The van der Waals surface area contributed by atoms with Crippen molar-refractivity contribution in [3.8, 4) is 11.3 Å². The zero-order valence-electron chi connectivity index (χ0n) is 11.7. The number of carboxylic acid groups (broad SMARTS) is 1. The van der Waals surface area contributed by atoms with E-state index in [2.05, 4.69) is 5.16 Å². The van der Waals surface area contributed by atoms with Crippen molar-refractivity contribution in [1.82, 2.24) is 10.1 Å². The van der Waals surface area contributed by atoms with Crippen molar-refractivity contribution in [1.29, 1.82) is 0 Å². The van der Waals surface area contributed by atoms with Crippen LogP contribution in [-0.2, 0) is 4.79 Å². The minimum absolute atomic E-state index is 0.114. The molecule has 0 atom stereocenters. The average molecular weight is 288 g/mol. The number of carbonyl (C=O) groups excluding carboxylic acids is 1. The molecule has 2 rings (SSSR count). The van der Waals surface area contributed by atoms with Gasteiger partial charge < -0.3 is 14.5 Å². The van der Waals surface area contributed by atoms with Gasteiger partial charge in [-0.05, 0) is 6.42 Å². The second kappa shape index (κ2) is 6.69. The molecule has 1 amide bonds. The van der Waals surface area contributed by atoms with Gasteiger partial charge in [-0.2, -0.15) is 0 Å². The molecule has 21 heavy (non-hydrogen) atoms. The Morgan fingerprint density at radius 2 is 2.00 bits per heavy atom. The average Bonchev–Trinajstić information content (AvgIpc) is 2.96. The summed E-state index contributed by atoms with van der Waals surface area (Å²) in [6, 6.07) is 10.8. The zero-order chi connectivity index (χ0) is 15.2. The summed E-state index contributed by atoms with van der Waals surface area (Å²) in [5, 5.41) is 12.6. The van der Waals surface area contributed by atoms with Crippen LogP contribution in [0.1, 0.15) is 23.8 Å². The van der Waals surface area contributed by atoms with Crippen molar-refractivity contribution in [2.45, 2.75) is 13.3 Å². The quantitative estimate of drug-likeness (QED) is 0.881. The first-order valence-electron chi connectivity index (χ1n) is 6.65. The van der Waals surface area contributed by atoms with Gasteiger partial charge in [-0.3, -0.25) is 9.59 Å². The molecular formula is C15H16N2O4. The Kier molecular flexibility index (Phi) is 4.71. The highest BCUT2D eigenvalue weighted by Crippen LogP contribution is 2.20. The maximum Gasteiger partial charge on any atom is 0.323 e. The van der Waals surface area contributed by atoms with Gasteiger partial charge in [-0.25, -0.2) is 0 Å². The Hall–Kier alpha value is -2.63. The maximum absolute atomic E-state index is 12.3.